The van der Waals surface area contributed by atoms with Crippen LogP contribution in [0.2, 0.25) is 0 Å². The van der Waals surface area contributed by atoms with Gasteiger partial charge in [0.25, 0.3) is 0 Å². The number of hydrogen-bond acceptors (Lipinski definition) is 3. The zero-order chi connectivity index (χ0) is 9.97. The van der Waals surface area contributed by atoms with Crippen LogP contribution in [0.1, 0.15) is 5.56 Å². The fraction of sp³-hybridized carbons (Fsp3) is 0.100. The van der Waals surface area contributed by atoms with Gasteiger partial charge in [0.2, 0.25) is 5.95 Å². The Kier molecular flexibility index (Phi) is 2.18. The summed E-state index contributed by atoms with van der Waals surface area (Å²) in [6.07, 6.45) is 6.02. The number of aryl methyl sites for hydroxylation is 1. The SMILES string of the molecule is Cc1cnc(F)c(-c2cncnc2)c1. The van der Waals surface area contributed by atoms with E-state index in [1.165, 1.54) is 12.5 Å². The normalized spacial score (nSPS) is 10.1. The lowest BCUT2D eigenvalue weighted by Crippen LogP contribution is -1.91. The first-order chi connectivity index (χ1) is 6.77. The standard InChI is InChI=1S/C10H8FN3/c1-7-2-9(10(11)14-3-7)8-4-12-6-13-5-8/h2-6H,1H3. The predicted octanol–water partition coefficient (Wildman–Crippen LogP) is 1.99. The molecule has 70 valence electrons. The van der Waals surface area contributed by atoms with Crippen molar-refractivity contribution in [1.82, 2.24) is 15.0 Å². The lowest BCUT2D eigenvalue weighted by atomic mass is 10.1. The van der Waals surface area contributed by atoms with Gasteiger partial charge in [-0.05, 0) is 18.6 Å². The monoisotopic (exact) mass is 189 g/mol. The van der Waals surface area contributed by atoms with Crippen LogP contribution < -0.4 is 0 Å². The van der Waals surface area contributed by atoms with Crippen LogP contribution >= 0.6 is 0 Å². The molecule has 0 amide bonds. The molecule has 0 aromatic carbocycles. The fourth-order valence-corrected chi connectivity index (χ4v) is 1.19. The number of hydrogen-bond donors (Lipinski definition) is 0. The number of rotatable bonds is 1. The zero-order valence-corrected chi connectivity index (χ0v) is 7.61. The molecule has 0 saturated heterocycles. The molecule has 0 unspecified atom stereocenters. The molecule has 2 rings (SSSR count). The lowest BCUT2D eigenvalue weighted by Gasteiger charge is -2.01. The van der Waals surface area contributed by atoms with Crippen LogP contribution in [0, 0.1) is 12.9 Å². The number of nitrogens with zero attached hydrogens (tertiary/aromatic N) is 3. The van der Waals surface area contributed by atoms with Crippen LogP contribution in [0.5, 0.6) is 0 Å². The second-order valence-electron chi connectivity index (χ2n) is 2.98. The summed E-state index contributed by atoms with van der Waals surface area (Å²) in [5.74, 6) is -0.495. The molecule has 0 radical (unpaired) electrons. The minimum absolute atomic E-state index is 0.436. The van der Waals surface area contributed by atoms with E-state index in [2.05, 4.69) is 15.0 Å². The van der Waals surface area contributed by atoms with Crippen molar-refractivity contribution in [2.75, 3.05) is 0 Å². The smallest absolute Gasteiger partial charge is 0.220 e. The Labute approximate surface area is 80.7 Å². The molecule has 0 bridgehead atoms. The Morgan fingerprint density at radius 3 is 2.57 bits per heavy atom. The molecule has 0 atom stereocenters. The van der Waals surface area contributed by atoms with E-state index in [-0.39, 0.29) is 0 Å². The van der Waals surface area contributed by atoms with Gasteiger partial charge in [0.1, 0.15) is 6.33 Å². The van der Waals surface area contributed by atoms with Crippen LogP contribution in [-0.4, -0.2) is 15.0 Å². The van der Waals surface area contributed by atoms with Gasteiger partial charge >= 0.3 is 0 Å². The van der Waals surface area contributed by atoms with Crippen molar-refractivity contribution in [1.29, 1.82) is 0 Å². The Balaban J connectivity index is 2.57. The highest BCUT2D eigenvalue weighted by atomic mass is 19.1. The number of pyridine rings is 1. The molecule has 4 heteroatoms. The molecule has 0 aliphatic rings. The minimum Gasteiger partial charge on any atom is -0.244 e. The summed E-state index contributed by atoms with van der Waals surface area (Å²) in [5, 5.41) is 0. The molecule has 2 heterocycles. The van der Waals surface area contributed by atoms with Crippen molar-refractivity contribution < 1.29 is 4.39 Å². The molecule has 0 spiro atoms. The summed E-state index contributed by atoms with van der Waals surface area (Å²) in [6.45, 7) is 1.86. The van der Waals surface area contributed by atoms with E-state index in [0.717, 1.165) is 5.56 Å². The third-order valence-corrected chi connectivity index (χ3v) is 1.85. The van der Waals surface area contributed by atoms with E-state index in [0.29, 0.717) is 11.1 Å². The largest absolute Gasteiger partial charge is 0.244 e. The Bertz CT molecular complexity index is 442. The molecule has 3 nitrogen and oxygen atoms in total. The Hall–Kier alpha value is -1.84. The van der Waals surface area contributed by atoms with Gasteiger partial charge in [-0.25, -0.2) is 15.0 Å². The summed E-state index contributed by atoms with van der Waals surface area (Å²) in [5.41, 5.74) is 1.98. The van der Waals surface area contributed by atoms with Gasteiger partial charge in [0.05, 0.1) is 0 Å². The van der Waals surface area contributed by atoms with E-state index < -0.39 is 5.95 Å². The maximum Gasteiger partial charge on any atom is 0.220 e. The summed E-state index contributed by atoms with van der Waals surface area (Å²) in [7, 11) is 0. The van der Waals surface area contributed by atoms with E-state index in [4.69, 9.17) is 0 Å². The van der Waals surface area contributed by atoms with Gasteiger partial charge in [-0.2, -0.15) is 4.39 Å². The van der Waals surface area contributed by atoms with Gasteiger partial charge < -0.3 is 0 Å². The number of halogens is 1. The Morgan fingerprint density at radius 1 is 1.14 bits per heavy atom. The third-order valence-electron chi connectivity index (χ3n) is 1.85. The van der Waals surface area contributed by atoms with Crippen LogP contribution in [0.15, 0.2) is 31.0 Å². The summed E-state index contributed by atoms with van der Waals surface area (Å²) < 4.78 is 13.3. The molecular formula is C10H8FN3. The minimum atomic E-state index is -0.495. The molecule has 2 aromatic heterocycles. The summed E-state index contributed by atoms with van der Waals surface area (Å²) >= 11 is 0. The fourth-order valence-electron chi connectivity index (χ4n) is 1.19. The van der Waals surface area contributed by atoms with Gasteiger partial charge in [-0.3, -0.25) is 0 Å². The topological polar surface area (TPSA) is 38.7 Å². The second-order valence-corrected chi connectivity index (χ2v) is 2.98. The molecule has 0 N–H and O–H groups in total. The third kappa shape index (κ3) is 1.59. The van der Waals surface area contributed by atoms with Crippen LogP contribution in [0.4, 0.5) is 4.39 Å². The van der Waals surface area contributed by atoms with E-state index in [9.17, 15) is 4.39 Å². The molecule has 0 aliphatic heterocycles. The second kappa shape index (κ2) is 3.49. The van der Waals surface area contributed by atoms with Gasteiger partial charge in [0, 0.05) is 29.7 Å². The molecule has 0 saturated carbocycles. The molecule has 0 fully saturated rings. The first-order valence-electron chi connectivity index (χ1n) is 4.15. The lowest BCUT2D eigenvalue weighted by molar-refractivity contribution is 0.586. The summed E-state index contributed by atoms with van der Waals surface area (Å²) in [4.78, 5) is 11.3. The average molecular weight is 189 g/mol. The Morgan fingerprint density at radius 2 is 1.86 bits per heavy atom. The molecule has 0 aliphatic carbocycles. The van der Waals surface area contributed by atoms with Crippen LogP contribution in [0.3, 0.4) is 0 Å². The van der Waals surface area contributed by atoms with Crippen molar-refractivity contribution in [2.24, 2.45) is 0 Å². The zero-order valence-electron chi connectivity index (χ0n) is 7.61. The summed E-state index contributed by atoms with van der Waals surface area (Å²) in [6, 6.07) is 1.72. The average Bonchev–Trinajstić information content (AvgIpc) is 2.23. The highest BCUT2D eigenvalue weighted by Crippen LogP contribution is 2.20. The first-order valence-corrected chi connectivity index (χ1v) is 4.15. The quantitative estimate of drug-likeness (QED) is 0.644. The number of aromatic nitrogens is 3. The maximum atomic E-state index is 13.3. The predicted molar refractivity (Wildman–Crippen MR) is 50.0 cm³/mol. The van der Waals surface area contributed by atoms with Crippen molar-refractivity contribution in [2.45, 2.75) is 6.92 Å². The van der Waals surface area contributed by atoms with E-state index in [1.807, 2.05) is 6.92 Å². The van der Waals surface area contributed by atoms with Crippen molar-refractivity contribution >= 4 is 0 Å². The maximum absolute atomic E-state index is 13.3. The molecule has 2 aromatic rings. The van der Waals surface area contributed by atoms with Crippen molar-refractivity contribution in [3.8, 4) is 11.1 Å². The van der Waals surface area contributed by atoms with Gasteiger partial charge in [0.15, 0.2) is 0 Å². The molecular weight excluding hydrogens is 181 g/mol. The van der Waals surface area contributed by atoms with Crippen LogP contribution in [-0.2, 0) is 0 Å². The van der Waals surface area contributed by atoms with Crippen LogP contribution in [0.25, 0.3) is 11.1 Å². The van der Waals surface area contributed by atoms with E-state index >= 15 is 0 Å². The first kappa shape index (κ1) is 8.74. The van der Waals surface area contributed by atoms with Gasteiger partial charge in [-0.1, -0.05) is 0 Å². The molecule has 14 heavy (non-hydrogen) atoms. The highest BCUT2D eigenvalue weighted by Gasteiger charge is 2.06. The van der Waals surface area contributed by atoms with Gasteiger partial charge in [-0.15, -0.1) is 0 Å². The van der Waals surface area contributed by atoms with Crippen molar-refractivity contribution in [3.63, 3.8) is 0 Å². The highest BCUT2D eigenvalue weighted by molar-refractivity contribution is 5.61. The van der Waals surface area contributed by atoms with E-state index in [1.54, 1.807) is 18.5 Å². The van der Waals surface area contributed by atoms with Crippen molar-refractivity contribution in [3.05, 3.63) is 42.5 Å².